The van der Waals surface area contributed by atoms with Gasteiger partial charge in [0.25, 0.3) is 0 Å². The average molecular weight is 304 g/mol. The fraction of sp³-hybridized carbons (Fsp3) is 0.294. The summed E-state index contributed by atoms with van der Waals surface area (Å²) in [7, 11) is 0. The van der Waals surface area contributed by atoms with Crippen LogP contribution in [0.4, 0.5) is 0 Å². The van der Waals surface area contributed by atoms with Crippen molar-refractivity contribution in [1.82, 2.24) is 0 Å². The Hall–Kier alpha value is -1.33. The molecule has 0 unspecified atom stereocenters. The van der Waals surface area contributed by atoms with Crippen molar-refractivity contribution < 1.29 is 14.9 Å². The molecule has 0 saturated heterocycles. The second kappa shape index (κ2) is 8.85. The van der Waals surface area contributed by atoms with E-state index in [4.69, 9.17) is 4.74 Å². The van der Waals surface area contributed by atoms with Gasteiger partial charge in [-0.05, 0) is 17.7 Å². The fourth-order valence-corrected chi connectivity index (χ4v) is 2.86. The second-order valence-corrected chi connectivity index (χ2v) is 6.03. The van der Waals surface area contributed by atoms with Crippen LogP contribution in [0.3, 0.4) is 0 Å². The molecule has 0 aliphatic heterocycles. The number of benzene rings is 2. The van der Waals surface area contributed by atoms with Crippen LogP contribution in [0.5, 0.6) is 0 Å². The van der Waals surface area contributed by atoms with Crippen LogP contribution in [0.1, 0.15) is 5.56 Å². The number of hydrogen-bond donors (Lipinski definition) is 2. The Morgan fingerprint density at radius 2 is 1.57 bits per heavy atom. The molecule has 0 fully saturated rings. The van der Waals surface area contributed by atoms with Gasteiger partial charge in [-0.2, -0.15) is 0 Å². The van der Waals surface area contributed by atoms with Gasteiger partial charge in [0.1, 0.15) is 0 Å². The van der Waals surface area contributed by atoms with Crippen LogP contribution in [0.15, 0.2) is 65.6 Å². The van der Waals surface area contributed by atoms with E-state index in [2.05, 4.69) is 0 Å². The molecule has 112 valence electrons. The van der Waals surface area contributed by atoms with Gasteiger partial charge in [-0.15, -0.1) is 11.8 Å². The summed E-state index contributed by atoms with van der Waals surface area (Å²) >= 11 is 1.46. The molecule has 3 nitrogen and oxygen atoms in total. The van der Waals surface area contributed by atoms with Crippen molar-refractivity contribution in [1.29, 1.82) is 0 Å². The molecule has 0 aliphatic rings. The van der Waals surface area contributed by atoms with E-state index in [0.29, 0.717) is 6.61 Å². The highest BCUT2D eigenvalue weighted by molar-refractivity contribution is 8.00. The van der Waals surface area contributed by atoms with Crippen molar-refractivity contribution in [3.05, 3.63) is 66.2 Å². The molecule has 4 heteroatoms. The number of hydrogen-bond acceptors (Lipinski definition) is 4. The molecule has 0 aromatic heterocycles. The van der Waals surface area contributed by atoms with E-state index in [1.165, 1.54) is 11.8 Å². The van der Waals surface area contributed by atoms with E-state index in [1.807, 2.05) is 60.7 Å². The van der Waals surface area contributed by atoms with Gasteiger partial charge in [0.05, 0.1) is 31.2 Å². The molecule has 0 aliphatic carbocycles. The Bertz CT molecular complexity index is 504. The van der Waals surface area contributed by atoms with Crippen LogP contribution in [0.25, 0.3) is 0 Å². The minimum Gasteiger partial charge on any atom is -0.395 e. The summed E-state index contributed by atoms with van der Waals surface area (Å²) in [5.74, 6) is 0. The quantitative estimate of drug-likeness (QED) is 0.736. The fourth-order valence-electron chi connectivity index (χ4n) is 1.89. The van der Waals surface area contributed by atoms with Crippen molar-refractivity contribution in [2.45, 2.75) is 22.9 Å². The number of thioether (sulfide) groups is 1. The van der Waals surface area contributed by atoms with Gasteiger partial charge in [-0.3, -0.25) is 0 Å². The number of rotatable bonds is 8. The lowest BCUT2D eigenvalue weighted by Crippen LogP contribution is -2.31. The highest BCUT2D eigenvalue weighted by Crippen LogP contribution is 2.25. The molecular formula is C17H20O3S. The molecule has 0 heterocycles. The highest BCUT2D eigenvalue weighted by Gasteiger charge is 2.19. The van der Waals surface area contributed by atoms with E-state index in [9.17, 15) is 10.2 Å². The van der Waals surface area contributed by atoms with Crippen LogP contribution in [-0.2, 0) is 11.3 Å². The second-order valence-electron chi connectivity index (χ2n) is 4.72. The lowest BCUT2D eigenvalue weighted by atomic mass is 10.2. The summed E-state index contributed by atoms with van der Waals surface area (Å²) in [6.45, 7) is 0.585. The van der Waals surface area contributed by atoms with Gasteiger partial charge in [0.2, 0.25) is 0 Å². The molecular weight excluding hydrogens is 284 g/mol. The lowest BCUT2D eigenvalue weighted by molar-refractivity contribution is 0.0204. The first-order chi connectivity index (χ1) is 10.3. The van der Waals surface area contributed by atoms with Crippen molar-refractivity contribution in [2.24, 2.45) is 0 Å². The molecule has 21 heavy (non-hydrogen) atoms. The maximum Gasteiger partial charge on any atom is 0.0917 e. The third kappa shape index (κ3) is 5.52. The zero-order valence-electron chi connectivity index (χ0n) is 11.8. The Kier molecular flexibility index (Phi) is 6.76. The third-order valence-electron chi connectivity index (χ3n) is 3.04. The lowest BCUT2D eigenvalue weighted by Gasteiger charge is -2.20. The highest BCUT2D eigenvalue weighted by atomic mass is 32.2. The minimum atomic E-state index is -0.705. The van der Waals surface area contributed by atoms with Gasteiger partial charge in [-0.25, -0.2) is 0 Å². The van der Waals surface area contributed by atoms with Crippen molar-refractivity contribution in [3.63, 3.8) is 0 Å². The van der Waals surface area contributed by atoms with Gasteiger partial charge in [0, 0.05) is 4.90 Å². The summed E-state index contributed by atoms with van der Waals surface area (Å²) in [6, 6.07) is 19.6. The zero-order chi connectivity index (χ0) is 14.9. The molecule has 0 spiro atoms. The van der Waals surface area contributed by atoms with E-state index >= 15 is 0 Å². The summed E-state index contributed by atoms with van der Waals surface area (Å²) in [6.07, 6.45) is -0.705. The standard InChI is InChI=1S/C17H20O3S/c18-11-17(21-15-9-5-2-6-10-15)16(19)13-20-12-14-7-3-1-4-8-14/h1-10,16-19H,11-13H2/t16-,17+/m1/s1. The smallest absolute Gasteiger partial charge is 0.0917 e. The SMILES string of the molecule is OC[C@H](Sc1ccccc1)[C@H](O)COCc1ccccc1. The van der Waals surface area contributed by atoms with Gasteiger partial charge < -0.3 is 14.9 Å². The van der Waals surface area contributed by atoms with Crippen molar-refractivity contribution in [3.8, 4) is 0 Å². The summed E-state index contributed by atoms with van der Waals surface area (Å²) in [5, 5.41) is 19.3. The summed E-state index contributed by atoms with van der Waals surface area (Å²) < 4.78 is 5.53. The number of aliphatic hydroxyl groups is 2. The van der Waals surface area contributed by atoms with Crippen LogP contribution >= 0.6 is 11.8 Å². The molecule has 0 amide bonds. The van der Waals surface area contributed by atoms with Crippen LogP contribution in [-0.4, -0.2) is 34.8 Å². The summed E-state index contributed by atoms with van der Waals surface area (Å²) in [4.78, 5) is 1.03. The van der Waals surface area contributed by atoms with Crippen LogP contribution < -0.4 is 0 Å². The Morgan fingerprint density at radius 3 is 2.19 bits per heavy atom. The van der Waals surface area contributed by atoms with E-state index in [-0.39, 0.29) is 18.5 Å². The van der Waals surface area contributed by atoms with E-state index in [0.717, 1.165) is 10.5 Å². The normalized spacial score (nSPS) is 13.8. The monoisotopic (exact) mass is 304 g/mol. The molecule has 2 rings (SSSR count). The van der Waals surface area contributed by atoms with Gasteiger partial charge in [-0.1, -0.05) is 48.5 Å². The van der Waals surface area contributed by atoms with E-state index < -0.39 is 6.10 Å². The number of ether oxygens (including phenoxy) is 1. The predicted octanol–water partition coefficient (Wildman–Crippen LogP) is 2.72. The van der Waals surface area contributed by atoms with E-state index in [1.54, 1.807) is 0 Å². The average Bonchev–Trinajstić information content (AvgIpc) is 2.54. The van der Waals surface area contributed by atoms with Gasteiger partial charge in [0.15, 0.2) is 0 Å². The molecule has 0 bridgehead atoms. The third-order valence-corrected chi connectivity index (χ3v) is 4.35. The molecule has 2 aromatic rings. The first-order valence-corrected chi connectivity index (χ1v) is 7.80. The Balaban J connectivity index is 1.79. The topological polar surface area (TPSA) is 49.7 Å². The predicted molar refractivity (Wildman–Crippen MR) is 85.3 cm³/mol. The van der Waals surface area contributed by atoms with Crippen LogP contribution in [0.2, 0.25) is 0 Å². The molecule has 0 saturated carbocycles. The molecule has 2 N–H and O–H groups in total. The largest absolute Gasteiger partial charge is 0.395 e. The minimum absolute atomic E-state index is 0.0879. The summed E-state index contributed by atoms with van der Waals surface area (Å²) in [5.41, 5.74) is 1.07. The maximum absolute atomic E-state index is 10.1. The molecule has 2 atom stereocenters. The zero-order valence-corrected chi connectivity index (χ0v) is 12.6. The Labute approximate surface area is 129 Å². The maximum atomic E-state index is 10.1. The van der Waals surface area contributed by atoms with Gasteiger partial charge >= 0.3 is 0 Å². The Morgan fingerprint density at radius 1 is 0.952 bits per heavy atom. The van der Waals surface area contributed by atoms with Crippen molar-refractivity contribution >= 4 is 11.8 Å². The first kappa shape index (κ1) is 16.0. The van der Waals surface area contributed by atoms with Crippen molar-refractivity contribution in [2.75, 3.05) is 13.2 Å². The first-order valence-electron chi connectivity index (χ1n) is 6.92. The molecule has 2 aromatic carbocycles. The van der Waals surface area contributed by atoms with Crippen LogP contribution in [0, 0.1) is 0 Å². The molecule has 0 radical (unpaired) electrons. The number of aliphatic hydroxyl groups excluding tert-OH is 2.